The molecule has 0 aliphatic heterocycles. The van der Waals surface area contributed by atoms with Crippen molar-refractivity contribution >= 4 is 12.1 Å². The van der Waals surface area contributed by atoms with Gasteiger partial charge in [-0.1, -0.05) is 0 Å². The second-order valence-corrected chi connectivity index (χ2v) is 2.86. The van der Waals surface area contributed by atoms with Gasteiger partial charge in [-0.15, -0.1) is 0 Å². The average molecular weight is 163 g/mol. The van der Waals surface area contributed by atoms with Gasteiger partial charge >= 0.3 is 0 Å². The third-order valence-electron chi connectivity index (χ3n) is 2.09. The van der Waals surface area contributed by atoms with Crippen molar-refractivity contribution in [3.8, 4) is 0 Å². The van der Waals surface area contributed by atoms with Crippen LogP contribution in [-0.4, -0.2) is 16.3 Å². The Morgan fingerprint density at radius 3 is 2.92 bits per heavy atom. The van der Waals surface area contributed by atoms with E-state index < -0.39 is 0 Å². The molecule has 4 heteroatoms. The molecule has 0 aromatic carbocycles. The maximum Gasteiger partial charge on any atom is 0.194 e. The molecule has 0 saturated heterocycles. The summed E-state index contributed by atoms with van der Waals surface area (Å²) < 4.78 is 0. The van der Waals surface area contributed by atoms with E-state index in [1.165, 1.54) is 0 Å². The first-order valence-corrected chi connectivity index (χ1v) is 3.91. The molecule has 62 valence electrons. The normalized spacial score (nSPS) is 14.3. The molecule has 0 fully saturated rings. The number of carbonyl (C=O) groups excluding carboxylic acids is 1. The number of rotatable bonds is 1. The minimum absolute atomic E-state index is 0.202. The van der Waals surface area contributed by atoms with E-state index in [1.54, 1.807) is 0 Å². The van der Waals surface area contributed by atoms with Crippen molar-refractivity contribution in [3.63, 3.8) is 0 Å². The van der Waals surface area contributed by atoms with Gasteiger partial charge in [0.05, 0.1) is 0 Å². The van der Waals surface area contributed by atoms with Crippen LogP contribution in [0.25, 0.3) is 0 Å². The molecule has 1 aromatic heterocycles. The zero-order valence-electron chi connectivity index (χ0n) is 6.58. The van der Waals surface area contributed by atoms with Crippen molar-refractivity contribution < 1.29 is 4.79 Å². The zero-order chi connectivity index (χ0) is 8.55. The number of aldehydes is 1. The Morgan fingerprint density at radius 2 is 2.17 bits per heavy atom. The Hall–Kier alpha value is -1.45. The van der Waals surface area contributed by atoms with Crippen LogP contribution in [0.1, 0.15) is 28.3 Å². The van der Waals surface area contributed by atoms with Crippen LogP contribution in [0, 0.1) is 0 Å². The predicted molar refractivity (Wildman–Crippen MR) is 43.9 cm³/mol. The first kappa shape index (κ1) is 7.21. The molecule has 4 nitrogen and oxygen atoms in total. The molecule has 0 unspecified atom stereocenters. The van der Waals surface area contributed by atoms with Gasteiger partial charge in [-0.2, -0.15) is 0 Å². The lowest BCUT2D eigenvalue weighted by atomic mass is 10.2. The molecule has 1 aromatic rings. The molecule has 2 N–H and O–H groups in total. The van der Waals surface area contributed by atoms with Crippen LogP contribution in [0.2, 0.25) is 0 Å². The Bertz CT molecular complexity index is 335. The van der Waals surface area contributed by atoms with Gasteiger partial charge in [-0.25, -0.2) is 9.97 Å². The first-order chi connectivity index (χ1) is 5.81. The highest BCUT2D eigenvalue weighted by atomic mass is 16.1. The highest BCUT2D eigenvalue weighted by Crippen LogP contribution is 2.23. The fraction of sp³-hybridized carbons (Fsp3) is 0.375. The summed E-state index contributed by atoms with van der Waals surface area (Å²) in [6.45, 7) is 0. The van der Waals surface area contributed by atoms with Crippen molar-refractivity contribution in [1.29, 1.82) is 0 Å². The molecule has 0 amide bonds. The molecule has 1 heterocycles. The van der Waals surface area contributed by atoms with E-state index >= 15 is 0 Å². The highest BCUT2D eigenvalue weighted by Gasteiger charge is 2.16. The molecular formula is C8H9N3O. The number of nitrogens with two attached hydrogens (primary N) is 1. The van der Waals surface area contributed by atoms with Gasteiger partial charge in [-0.3, -0.25) is 4.79 Å². The van der Waals surface area contributed by atoms with E-state index in [2.05, 4.69) is 9.97 Å². The highest BCUT2D eigenvalue weighted by molar-refractivity contribution is 5.70. The standard InChI is InChI=1S/C8H9N3O/c9-8-5-2-1-3-6(5)10-7(4-12)11-8/h4H,1-3H2,(H2,9,10,11). The van der Waals surface area contributed by atoms with Crippen molar-refractivity contribution in [2.24, 2.45) is 0 Å². The van der Waals surface area contributed by atoms with Crippen LogP contribution in [0.15, 0.2) is 0 Å². The quantitative estimate of drug-likeness (QED) is 0.607. The summed E-state index contributed by atoms with van der Waals surface area (Å²) >= 11 is 0. The number of hydrogen-bond acceptors (Lipinski definition) is 4. The van der Waals surface area contributed by atoms with E-state index in [0.717, 1.165) is 30.5 Å². The molecular weight excluding hydrogens is 154 g/mol. The van der Waals surface area contributed by atoms with Gasteiger partial charge in [0.2, 0.25) is 0 Å². The lowest BCUT2D eigenvalue weighted by Gasteiger charge is -2.01. The molecule has 0 spiro atoms. The summed E-state index contributed by atoms with van der Waals surface area (Å²) in [5.41, 5.74) is 7.62. The number of aryl methyl sites for hydroxylation is 1. The number of anilines is 1. The largest absolute Gasteiger partial charge is 0.383 e. The van der Waals surface area contributed by atoms with E-state index in [0.29, 0.717) is 12.1 Å². The first-order valence-electron chi connectivity index (χ1n) is 3.91. The van der Waals surface area contributed by atoms with Crippen LogP contribution in [0.3, 0.4) is 0 Å². The molecule has 1 aliphatic carbocycles. The summed E-state index contributed by atoms with van der Waals surface area (Å²) in [5, 5.41) is 0. The maximum atomic E-state index is 10.4. The van der Waals surface area contributed by atoms with Crippen molar-refractivity contribution in [2.75, 3.05) is 5.73 Å². The van der Waals surface area contributed by atoms with E-state index in [4.69, 9.17) is 5.73 Å². The molecule has 0 radical (unpaired) electrons. The third-order valence-corrected chi connectivity index (χ3v) is 2.09. The third kappa shape index (κ3) is 0.958. The topological polar surface area (TPSA) is 68.9 Å². The Labute approximate surface area is 69.8 Å². The van der Waals surface area contributed by atoms with Gasteiger partial charge in [0.25, 0.3) is 0 Å². The number of hydrogen-bond donors (Lipinski definition) is 1. The average Bonchev–Trinajstić information content (AvgIpc) is 2.52. The number of nitrogens with zero attached hydrogens (tertiary/aromatic N) is 2. The van der Waals surface area contributed by atoms with Gasteiger partial charge in [0.1, 0.15) is 5.82 Å². The van der Waals surface area contributed by atoms with E-state index in [9.17, 15) is 4.79 Å². The van der Waals surface area contributed by atoms with Crippen LogP contribution in [0.4, 0.5) is 5.82 Å². The van der Waals surface area contributed by atoms with Gasteiger partial charge in [0, 0.05) is 11.3 Å². The zero-order valence-corrected chi connectivity index (χ0v) is 6.58. The Balaban J connectivity index is 2.58. The summed E-state index contributed by atoms with van der Waals surface area (Å²) in [5.74, 6) is 0.674. The number of aromatic nitrogens is 2. The van der Waals surface area contributed by atoms with E-state index in [-0.39, 0.29) is 5.82 Å². The minimum atomic E-state index is 0.202. The lowest BCUT2D eigenvalue weighted by Crippen LogP contribution is -2.04. The number of fused-ring (bicyclic) bond motifs is 1. The molecule has 1 aliphatic rings. The monoisotopic (exact) mass is 163 g/mol. The SMILES string of the molecule is Nc1nc(C=O)nc2c1CCC2. The van der Waals surface area contributed by atoms with Crippen LogP contribution < -0.4 is 5.73 Å². The molecule has 0 saturated carbocycles. The Kier molecular flexibility index (Phi) is 1.53. The summed E-state index contributed by atoms with van der Waals surface area (Å²) in [4.78, 5) is 18.3. The van der Waals surface area contributed by atoms with Crippen molar-refractivity contribution in [2.45, 2.75) is 19.3 Å². The van der Waals surface area contributed by atoms with Crippen molar-refractivity contribution in [1.82, 2.24) is 9.97 Å². The smallest absolute Gasteiger partial charge is 0.194 e. The van der Waals surface area contributed by atoms with Crippen LogP contribution in [-0.2, 0) is 12.8 Å². The van der Waals surface area contributed by atoms with Gasteiger partial charge < -0.3 is 5.73 Å². The van der Waals surface area contributed by atoms with Gasteiger partial charge in [0.15, 0.2) is 12.1 Å². The van der Waals surface area contributed by atoms with Crippen molar-refractivity contribution in [3.05, 3.63) is 17.1 Å². The van der Waals surface area contributed by atoms with Gasteiger partial charge in [-0.05, 0) is 19.3 Å². The Morgan fingerprint density at radius 1 is 1.33 bits per heavy atom. The minimum Gasteiger partial charge on any atom is -0.383 e. The molecule has 0 bridgehead atoms. The number of carbonyl (C=O) groups is 1. The summed E-state index contributed by atoms with van der Waals surface area (Å²) in [6.07, 6.45) is 3.56. The van der Waals surface area contributed by atoms with Crippen LogP contribution in [0.5, 0.6) is 0 Å². The molecule has 0 atom stereocenters. The van der Waals surface area contributed by atoms with Crippen LogP contribution >= 0.6 is 0 Å². The molecule has 2 rings (SSSR count). The summed E-state index contributed by atoms with van der Waals surface area (Å²) in [7, 11) is 0. The van der Waals surface area contributed by atoms with E-state index in [1.807, 2.05) is 0 Å². The second kappa shape index (κ2) is 2.55. The fourth-order valence-corrected chi connectivity index (χ4v) is 1.53. The predicted octanol–water partition coefficient (Wildman–Crippen LogP) is 0.360. The summed E-state index contributed by atoms with van der Waals surface area (Å²) in [6, 6.07) is 0. The second-order valence-electron chi connectivity index (χ2n) is 2.86. The molecule has 12 heavy (non-hydrogen) atoms. The lowest BCUT2D eigenvalue weighted by molar-refractivity contribution is 0.111. The number of nitrogen functional groups attached to an aromatic ring is 1. The maximum absolute atomic E-state index is 10.4. The fourth-order valence-electron chi connectivity index (χ4n) is 1.53.